The molecule has 0 saturated carbocycles. The third-order valence-electron chi connectivity index (χ3n) is 3.97. The monoisotopic (exact) mass is 306 g/mol. The summed E-state index contributed by atoms with van der Waals surface area (Å²) in [5.74, 6) is 0.390. The lowest BCUT2D eigenvalue weighted by Gasteiger charge is -2.17. The number of aromatic nitrogens is 1. The maximum absolute atomic E-state index is 12.6. The molecule has 116 valence electrons. The van der Waals surface area contributed by atoms with E-state index in [4.69, 9.17) is 4.52 Å². The number of anilines is 1. The number of hydrogen-bond acceptors (Lipinski definition) is 3. The van der Waals surface area contributed by atoms with Gasteiger partial charge in [-0.15, -0.1) is 0 Å². The number of hydrogen-bond donors (Lipinski definition) is 0. The molecule has 0 atom stereocenters. The molecule has 0 fully saturated rings. The summed E-state index contributed by atoms with van der Waals surface area (Å²) < 4.78 is 5.30. The zero-order valence-electron chi connectivity index (χ0n) is 13.4. The molecule has 0 aliphatic carbocycles. The first-order valence-electron chi connectivity index (χ1n) is 7.43. The second kappa shape index (κ2) is 6.08. The number of amides is 1. The molecule has 0 bridgehead atoms. The minimum Gasteiger partial charge on any atom is -0.355 e. The fourth-order valence-electron chi connectivity index (χ4n) is 2.34. The second-order valence-electron chi connectivity index (χ2n) is 5.58. The third-order valence-corrected chi connectivity index (χ3v) is 3.97. The van der Waals surface area contributed by atoms with Crippen LogP contribution >= 0.6 is 0 Å². The highest BCUT2D eigenvalue weighted by Gasteiger charge is 2.19. The minimum absolute atomic E-state index is 0.195. The van der Waals surface area contributed by atoms with E-state index >= 15 is 0 Å². The molecule has 0 radical (unpaired) electrons. The van der Waals surface area contributed by atoms with Crippen molar-refractivity contribution in [2.45, 2.75) is 13.8 Å². The molecule has 4 heteroatoms. The molecule has 3 rings (SSSR count). The Morgan fingerprint density at radius 2 is 1.74 bits per heavy atom. The van der Waals surface area contributed by atoms with Crippen molar-refractivity contribution in [2.75, 3.05) is 11.9 Å². The van der Waals surface area contributed by atoms with Crippen LogP contribution in [0.3, 0.4) is 0 Å². The van der Waals surface area contributed by atoms with Gasteiger partial charge in [-0.3, -0.25) is 4.79 Å². The zero-order chi connectivity index (χ0) is 16.4. The second-order valence-corrected chi connectivity index (χ2v) is 5.58. The van der Waals surface area contributed by atoms with Gasteiger partial charge in [-0.05, 0) is 37.1 Å². The number of carbonyl (C=O) groups excluding carboxylic acids is 1. The van der Waals surface area contributed by atoms with E-state index < -0.39 is 0 Å². The Balaban J connectivity index is 1.85. The maximum atomic E-state index is 12.6. The Bertz CT molecular complexity index is 838. The normalized spacial score (nSPS) is 10.6. The van der Waals surface area contributed by atoms with Gasteiger partial charge in [-0.25, -0.2) is 0 Å². The lowest BCUT2D eigenvalue weighted by molar-refractivity contribution is 0.0984. The summed E-state index contributed by atoms with van der Waals surface area (Å²) >= 11 is 0. The van der Waals surface area contributed by atoms with Crippen LogP contribution in [-0.4, -0.2) is 18.1 Å². The fraction of sp³-hybridized carbons (Fsp3) is 0.158. The van der Waals surface area contributed by atoms with Crippen molar-refractivity contribution in [2.24, 2.45) is 0 Å². The van der Waals surface area contributed by atoms with E-state index in [1.807, 2.05) is 62.4 Å². The first-order chi connectivity index (χ1) is 11.1. The maximum Gasteiger partial charge on any atom is 0.280 e. The van der Waals surface area contributed by atoms with Crippen molar-refractivity contribution in [3.05, 3.63) is 71.4 Å². The van der Waals surface area contributed by atoms with Crippen molar-refractivity contribution in [3.8, 4) is 11.3 Å². The first-order valence-corrected chi connectivity index (χ1v) is 7.43. The molecule has 1 heterocycles. The van der Waals surface area contributed by atoms with Crippen LogP contribution < -0.4 is 4.90 Å². The van der Waals surface area contributed by atoms with Crippen LogP contribution in [0.5, 0.6) is 0 Å². The number of aryl methyl sites for hydroxylation is 2. The van der Waals surface area contributed by atoms with Gasteiger partial charge in [0, 0.05) is 24.4 Å². The first kappa shape index (κ1) is 15.0. The van der Waals surface area contributed by atoms with Crippen molar-refractivity contribution >= 4 is 11.6 Å². The van der Waals surface area contributed by atoms with Gasteiger partial charge in [-0.2, -0.15) is 0 Å². The molecule has 1 amide bonds. The molecule has 2 aromatic carbocycles. The Kier molecular flexibility index (Phi) is 3.98. The lowest BCUT2D eigenvalue weighted by atomic mass is 10.1. The number of benzene rings is 2. The summed E-state index contributed by atoms with van der Waals surface area (Å²) in [5.41, 5.74) is 4.37. The van der Waals surface area contributed by atoms with E-state index in [0.717, 1.165) is 16.8 Å². The van der Waals surface area contributed by atoms with Gasteiger partial charge < -0.3 is 9.42 Å². The summed E-state index contributed by atoms with van der Waals surface area (Å²) in [7, 11) is 1.74. The molecule has 1 aromatic heterocycles. The highest BCUT2D eigenvalue weighted by Crippen LogP contribution is 2.23. The topological polar surface area (TPSA) is 46.3 Å². The number of nitrogens with zero attached hydrogens (tertiary/aromatic N) is 2. The van der Waals surface area contributed by atoms with Crippen LogP contribution in [0.25, 0.3) is 11.3 Å². The van der Waals surface area contributed by atoms with E-state index in [1.165, 1.54) is 5.56 Å². The van der Waals surface area contributed by atoms with Crippen molar-refractivity contribution in [1.82, 2.24) is 5.16 Å². The molecule has 0 unspecified atom stereocenters. The summed E-state index contributed by atoms with van der Waals surface area (Å²) in [6.45, 7) is 4.07. The van der Waals surface area contributed by atoms with E-state index in [9.17, 15) is 4.79 Å². The van der Waals surface area contributed by atoms with Crippen molar-refractivity contribution in [1.29, 1.82) is 0 Å². The van der Waals surface area contributed by atoms with E-state index in [2.05, 4.69) is 5.16 Å². The molecular formula is C19H18N2O2. The number of rotatable bonds is 3. The Labute approximate surface area is 135 Å². The molecule has 0 N–H and O–H groups in total. The lowest BCUT2D eigenvalue weighted by Crippen LogP contribution is -2.26. The van der Waals surface area contributed by atoms with Gasteiger partial charge in [0.2, 0.25) is 0 Å². The largest absolute Gasteiger partial charge is 0.355 e. The molecule has 0 aliphatic rings. The predicted molar refractivity (Wildman–Crippen MR) is 90.6 cm³/mol. The summed E-state index contributed by atoms with van der Waals surface area (Å²) in [5, 5.41) is 3.91. The molecule has 4 nitrogen and oxygen atoms in total. The van der Waals surface area contributed by atoms with E-state index in [-0.39, 0.29) is 5.91 Å². The summed E-state index contributed by atoms with van der Waals surface area (Å²) in [6, 6.07) is 17.2. The molecule has 3 aromatic rings. The van der Waals surface area contributed by atoms with Crippen molar-refractivity contribution in [3.63, 3.8) is 0 Å². The van der Waals surface area contributed by atoms with Crippen LogP contribution in [0.2, 0.25) is 0 Å². The smallest absolute Gasteiger partial charge is 0.280 e. The van der Waals surface area contributed by atoms with Crippen LogP contribution in [0, 0.1) is 13.8 Å². The third kappa shape index (κ3) is 3.01. The van der Waals surface area contributed by atoms with Gasteiger partial charge in [0.05, 0.1) is 0 Å². The van der Waals surface area contributed by atoms with Crippen molar-refractivity contribution < 1.29 is 9.32 Å². The van der Waals surface area contributed by atoms with Gasteiger partial charge in [0.15, 0.2) is 11.5 Å². The number of carbonyl (C=O) groups is 1. The Morgan fingerprint density at radius 1 is 1.00 bits per heavy atom. The Morgan fingerprint density at radius 3 is 2.43 bits per heavy atom. The highest BCUT2D eigenvalue weighted by molar-refractivity contribution is 6.04. The van der Waals surface area contributed by atoms with Crippen LogP contribution in [0.4, 0.5) is 5.69 Å². The Hall–Kier alpha value is -2.88. The molecule has 0 spiro atoms. The molecule has 0 saturated heterocycles. The van der Waals surface area contributed by atoms with Gasteiger partial charge in [-0.1, -0.05) is 41.6 Å². The fourth-order valence-corrected chi connectivity index (χ4v) is 2.34. The zero-order valence-corrected chi connectivity index (χ0v) is 13.4. The highest BCUT2D eigenvalue weighted by atomic mass is 16.5. The quantitative estimate of drug-likeness (QED) is 0.727. The average molecular weight is 306 g/mol. The van der Waals surface area contributed by atoms with Crippen LogP contribution in [0.15, 0.2) is 59.1 Å². The standard InChI is InChI=1S/C19H18N2O2/c1-13-9-10-16(11-14(13)2)21(3)19(22)17-12-18(23-20-17)15-7-5-4-6-8-15/h4-12H,1-3H3. The van der Waals surface area contributed by atoms with Crippen LogP contribution in [-0.2, 0) is 0 Å². The van der Waals surface area contributed by atoms with E-state index in [1.54, 1.807) is 18.0 Å². The average Bonchev–Trinajstić information content (AvgIpc) is 3.07. The molecule has 23 heavy (non-hydrogen) atoms. The van der Waals surface area contributed by atoms with Gasteiger partial charge in [0.25, 0.3) is 5.91 Å². The summed E-state index contributed by atoms with van der Waals surface area (Å²) in [6.07, 6.45) is 0. The SMILES string of the molecule is Cc1ccc(N(C)C(=O)c2cc(-c3ccccc3)on2)cc1C. The summed E-state index contributed by atoms with van der Waals surface area (Å²) in [4.78, 5) is 14.2. The van der Waals surface area contributed by atoms with Crippen LogP contribution in [0.1, 0.15) is 21.6 Å². The van der Waals surface area contributed by atoms with Gasteiger partial charge in [0.1, 0.15) is 0 Å². The van der Waals surface area contributed by atoms with Gasteiger partial charge >= 0.3 is 0 Å². The molecule has 0 aliphatic heterocycles. The predicted octanol–water partition coefficient (Wildman–Crippen LogP) is 4.24. The molecular weight excluding hydrogens is 288 g/mol. The minimum atomic E-state index is -0.195. The van der Waals surface area contributed by atoms with E-state index in [0.29, 0.717) is 11.5 Å².